The molecule has 1 N–H and O–H groups in total. The summed E-state index contributed by atoms with van der Waals surface area (Å²) in [5.41, 5.74) is 2.16. The van der Waals surface area contributed by atoms with Gasteiger partial charge in [-0.1, -0.05) is 30.3 Å². The van der Waals surface area contributed by atoms with E-state index in [1.54, 1.807) is 17.5 Å². The van der Waals surface area contributed by atoms with Crippen LogP contribution >= 0.6 is 11.3 Å². The number of rotatable bonds is 7. The van der Waals surface area contributed by atoms with Gasteiger partial charge in [-0.3, -0.25) is 4.79 Å². The lowest BCUT2D eigenvalue weighted by Crippen LogP contribution is -2.32. The molecule has 4 aromatic rings. The smallest absolute Gasteiger partial charge is 0.223 e. The first-order valence-electron chi connectivity index (χ1n) is 9.18. The van der Waals surface area contributed by atoms with Gasteiger partial charge in [0.15, 0.2) is 0 Å². The predicted molar refractivity (Wildman–Crippen MR) is 111 cm³/mol. The van der Waals surface area contributed by atoms with Gasteiger partial charge in [-0.05, 0) is 40.1 Å². The van der Waals surface area contributed by atoms with Gasteiger partial charge in [0, 0.05) is 31.8 Å². The number of hydrogen-bond acceptors (Lipinski definition) is 3. The van der Waals surface area contributed by atoms with Gasteiger partial charge in [0.2, 0.25) is 5.91 Å². The molecule has 0 saturated carbocycles. The molecule has 0 radical (unpaired) electrons. The Kier molecular flexibility index (Phi) is 5.39. The number of aromatic nitrogens is 3. The number of hydrogen-bond donors (Lipinski definition) is 1. The third-order valence-corrected chi connectivity index (χ3v) is 5.55. The second-order valence-corrected chi connectivity index (χ2v) is 7.49. The van der Waals surface area contributed by atoms with Crippen LogP contribution in [0.2, 0.25) is 0 Å². The lowest BCUT2D eigenvalue weighted by molar-refractivity contribution is -0.122. The Hall–Kier alpha value is -3.12. The Morgan fingerprint density at radius 2 is 1.86 bits per heavy atom. The van der Waals surface area contributed by atoms with Gasteiger partial charge < -0.3 is 14.5 Å². The summed E-state index contributed by atoms with van der Waals surface area (Å²) >= 11 is 1.64. The Morgan fingerprint density at radius 1 is 1.07 bits per heavy atom. The largest absolute Gasteiger partial charge is 0.346 e. The van der Waals surface area contributed by atoms with Gasteiger partial charge in [-0.2, -0.15) is 11.3 Å². The second-order valence-electron chi connectivity index (χ2n) is 6.71. The fourth-order valence-corrected chi connectivity index (χ4v) is 4.12. The zero-order chi connectivity index (χ0) is 19.3. The molecule has 1 aromatic carbocycles. The van der Waals surface area contributed by atoms with E-state index in [1.807, 2.05) is 78.0 Å². The lowest BCUT2D eigenvalue weighted by Gasteiger charge is -2.22. The van der Waals surface area contributed by atoms with Crippen molar-refractivity contribution >= 4 is 17.2 Å². The van der Waals surface area contributed by atoms with E-state index in [9.17, 15) is 4.79 Å². The maximum Gasteiger partial charge on any atom is 0.223 e. The molecule has 142 valence electrons. The first-order chi connectivity index (χ1) is 13.7. The number of thiophene rings is 1. The molecule has 6 heteroatoms. The fraction of sp³-hybridized carbons (Fsp3) is 0.182. The van der Waals surface area contributed by atoms with E-state index in [4.69, 9.17) is 0 Å². The molecule has 0 saturated heterocycles. The quantitative estimate of drug-likeness (QED) is 0.515. The fourth-order valence-electron chi connectivity index (χ4n) is 3.41. The third kappa shape index (κ3) is 3.92. The monoisotopic (exact) mass is 390 g/mol. The van der Waals surface area contributed by atoms with Crippen LogP contribution in [0.3, 0.4) is 0 Å². The summed E-state index contributed by atoms with van der Waals surface area (Å²) < 4.78 is 4.03. The summed E-state index contributed by atoms with van der Waals surface area (Å²) in [6.45, 7) is 0. The first kappa shape index (κ1) is 18.3. The summed E-state index contributed by atoms with van der Waals surface area (Å²) in [6.07, 6.45) is 8.02. The number of carbonyl (C=O) groups excluding carboxylic acids is 1. The molecule has 0 aliphatic heterocycles. The van der Waals surface area contributed by atoms with Crippen molar-refractivity contribution in [3.63, 3.8) is 0 Å². The Balaban J connectivity index is 1.58. The minimum absolute atomic E-state index is 0.0123. The first-order valence-corrected chi connectivity index (χ1v) is 10.1. The highest BCUT2D eigenvalue weighted by atomic mass is 32.1. The number of nitrogens with one attached hydrogen (secondary N) is 1. The minimum atomic E-state index is -0.290. The molecule has 0 unspecified atom stereocenters. The molecule has 2 atom stereocenters. The van der Waals surface area contributed by atoms with Crippen molar-refractivity contribution in [2.45, 2.75) is 18.5 Å². The van der Waals surface area contributed by atoms with Gasteiger partial charge in [0.25, 0.3) is 0 Å². The summed E-state index contributed by atoms with van der Waals surface area (Å²) in [7, 11) is 1.94. The predicted octanol–water partition coefficient (Wildman–Crippen LogP) is 4.17. The molecule has 0 aliphatic carbocycles. The molecule has 3 aromatic heterocycles. The van der Waals surface area contributed by atoms with Crippen LogP contribution in [0.1, 0.15) is 35.5 Å². The van der Waals surface area contributed by atoms with E-state index in [0.29, 0.717) is 6.42 Å². The van der Waals surface area contributed by atoms with Crippen molar-refractivity contribution in [3.05, 3.63) is 101 Å². The molecule has 28 heavy (non-hydrogen) atoms. The molecular weight excluding hydrogens is 368 g/mol. The number of benzene rings is 1. The van der Waals surface area contributed by atoms with Gasteiger partial charge in [-0.15, -0.1) is 0 Å². The van der Waals surface area contributed by atoms with Crippen LogP contribution < -0.4 is 5.32 Å². The van der Waals surface area contributed by atoms with Gasteiger partial charge in [0.05, 0.1) is 12.5 Å². The van der Waals surface area contributed by atoms with Crippen LogP contribution in [0.15, 0.2) is 84.1 Å². The number of imidazole rings is 1. The lowest BCUT2D eigenvalue weighted by atomic mass is 10.0. The van der Waals surface area contributed by atoms with Gasteiger partial charge in [0.1, 0.15) is 11.9 Å². The van der Waals surface area contributed by atoms with E-state index < -0.39 is 0 Å². The van der Waals surface area contributed by atoms with E-state index in [-0.39, 0.29) is 18.0 Å². The van der Waals surface area contributed by atoms with Gasteiger partial charge >= 0.3 is 0 Å². The molecule has 0 spiro atoms. The molecule has 5 nitrogen and oxygen atoms in total. The Morgan fingerprint density at radius 3 is 2.50 bits per heavy atom. The second kappa shape index (κ2) is 8.27. The molecule has 1 amide bonds. The summed E-state index contributed by atoms with van der Waals surface area (Å²) in [5, 5.41) is 7.35. The van der Waals surface area contributed by atoms with Crippen LogP contribution in [0.4, 0.5) is 0 Å². The Bertz CT molecular complexity index is 972. The maximum absolute atomic E-state index is 13.1. The topological polar surface area (TPSA) is 51.9 Å². The summed E-state index contributed by atoms with van der Waals surface area (Å²) in [5.74, 6) is 0.800. The van der Waals surface area contributed by atoms with Crippen molar-refractivity contribution < 1.29 is 4.79 Å². The van der Waals surface area contributed by atoms with Crippen molar-refractivity contribution in [2.24, 2.45) is 7.05 Å². The highest BCUT2D eigenvalue weighted by Gasteiger charge is 2.23. The van der Waals surface area contributed by atoms with Crippen molar-refractivity contribution in [1.82, 2.24) is 19.4 Å². The Labute approximate surface area is 168 Å². The number of amides is 1. The highest BCUT2D eigenvalue weighted by molar-refractivity contribution is 7.08. The average Bonchev–Trinajstić information content (AvgIpc) is 3.47. The van der Waals surface area contributed by atoms with E-state index in [0.717, 1.165) is 17.0 Å². The molecule has 3 heterocycles. The summed E-state index contributed by atoms with van der Waals surface area (Å²) in [4.78, 5) is 17.5. The van der Waals surface area contributed by atoms with E-state index in [1.165, 1.54) is 0 Å². The zero-order valence-electron chi connectivity index (χ0n) is 15.6. The molecular formula is C22H22N4OS. The van der Waals surface area contributed by atoms with Gasteiger partial charge in [-0.25, -0.2) is 4.98 Å². The van der Waals surface area contributed by atoms with E-state index >= 15 is 0 Å². The standard InChI is InChI=1S/C22H22N4OS/c1-25-13-10-23-22(25)21(17-7-3-2-4-8-17)24-20(27)15-19(18-9-14-28-16-18)26-11-5-6-12-26/h2-14,16,19,21H,15H2,1H3,(H,24,27)/t19-,21+/m1/s1. The minimum Gasteiger partial charge on any atom is -0.346 e. The van der Waals surface area contributed by atoms with Crippen LogP contribution in [0.25, 0.3) is 0 Å². The zero-order valence-corrected chi connectivity index (χ0v) is 16.4. The normalized spacial score (nSPS) is 13.2. The SMILES string of the molecule is Cn1ccnc1[C@@H](NC(=O)C[C@H](c1ccsc1)n1cccc1)c1ccccc1. The van der Waals surface area contributed by atoms with Crippen LogP contribution in [-0.4, -0.2) is 20.0 Å². The van der Waals surface area contributed by atoms with Crippen LogP contribution in [0.5, 0.6) is 0 Å². The number of carbonyl (C=O) groups is 1. The number of aryl methyl sites for hydroxylation is 1. The highest BCUT2D eigenvalue weighted by Crippen LogP contribution is 2.26. The molecule has 0 aliphatic rings. The van der Waals surface area contributed by atoms with Crippen molar-refractivity contribution in [1.29, 1.82) is 0 Å². The molecule has 0 fully saturated rings. The van der Waals surface area contributed by atoms with Crippen molar-refractivity contribution in [2.75, 3.05) is 0 Å². The third-order valence-electron chi connectivity index (χ3n) is 4.85. The average molecular weight is 391 g/mol. The van der Waals surface area contributed by atoms with E-state index in [2.05, 4.69) is 26.3 Å². The summed E-state index contributed by atoms with van der Waals surface area (Å²) in [6, 6.07) is 15.7. The van der Waals surface area contributed by atoms with Crippen molar-refractivity contribution in [3.8, 4) is 0 Å². The van der Waals surface area contributed by atoms with Crippen LogP contribution in [-0.2, 0) is 11.8 Å². The van der Waals surface area contributed by atoms with Crippen LogP contribution in [0, 0.1) is 0 Å². The molecule has 0 bridgehead atoms. The number of nitrogens with zero attached hydrogens (tertiary/aromatic N) is 3. The maximum atomic E-state index is 13.1. The molecule has 4 rings (SSSR count).